The van der Waals surface area contributed by atoms with Crippen LogP contribution in [0.3, 0.4) is 0 Å². The zero-order chi connectivity index (χ0) is 16.0. The van der Waals surface area contributed by atoms with Crippen molar-refractivity contribution in [2.24, 2.45) is 23.3 Å². The molecule has 0 aromatic heterocycles. The lowest BCUT2D eigenvalue weighted by atomic mass is 10.1. The number of hydrogen-bond acceptors (Lipinski definition) is 4. The van der Waals surface area contributed by atoms with Gasteiger partial charge in [0.25, 0.3) is 6.47 Å². The summed E-state index contributed by atoms with van der Waals surface area (Å²) in [7, 11) is 0. The van der Waals surface area contributed by atoms with E-state index in [1.165, 1.54) is 25.7 Å². The van der Waals surface area contributed by atoms with E-state index >= 15 is 0 Å². The molecular weight excluding hydrogens is 260 g/mol. The Morgan fingerprint density at radius 1 is 1.25 bits per heavy atom. The first-order valence-corrected chi connectivity index (χ1v) is 7.33. The highest BCUT2D eigenvalue weighted by molar-refractivity contribution is 5.73. The first-order chi connectivity index (χ1) is 9.56. The van der Waals surface area contributed by atoms with Crippen LogP contribution in [0.2, 0.25) is 0 Å². The summed E-state index contributed by atoms with van der Waals surface area (Å²) in [6.07, 6.45) is 7.59. The molecule has 2 rings (SSSR count). The van der Waals surface area contributed by atoms with Gasteiger partial charge in [0.15, 0.2) is 0 Å². The van der Waals surface area contributed by atoms with Crippen LogP contribution in [0.4, 0.5) is 0 Å². The molecule has 20 heavy (non-hydrogen) atoms. The van der Waals surface area contributed by atoms with Crippen LogP contribution in [0, 0.1) is 11.8 Å². The van der Waals surface area contributed by atoms with Crippen LogP contribution in [0.1, 0.15) is 52.4 Å². The van der Waals surface area contributed by atoms with Crippen LogP contribution in [0.5, 0.6) is 0 Å². The molecule has 2 fully saturated rings. The van der Waals surface area contributed by atoms with Gasteiger partial charge in [0.05, 0.1) is 0 Å². The van der Waals surface area contributed by atoms with E-state index in [-0.39, 0.29) is 12.4 Å². The molecule has 1 atom stereocenters. The number of hydrogen-bond donors (Lipinski definition) is 4. The molecule has 0 spiro atoms. The lowest BCUT2D eigenvalue weighted by molar-refractivity contribution is -0.139. The zero-order valence-electron chi connectivity index (χ0n) is 12.6. The Bertz CT molecular complexity index is 239. The SMILES string of the molecule is CC.NC(C(=O)O)C1CC1.NCC1CCCC1.O=CO. The maximum Gasteiger partial charge on any atom is 0.320 e. The van der Waals surface area contributed by atoms with E-state index in [2.05, 4.69) is 0 Å². The molecule has 120 valence electrons. The van der Waals surface area contributed by atoms with E-state index in [9.17, 15) is 4.79 Å². The number of carboxylic acid groups (broad SMARTS) is 2. The second-order valence-electron chi connectivity index (χ2n) is 4.69. The smallest absolute Gasteiger partial charge is 0.320 e. The molecule has 0 aromatic carbocycles. The minimum atomic E-state index is -0.868. The van der Waals surface area contributed by atoms with E-state index in [0.29, 0.717) is 0 Å². The van der Waals surface area contributed by atoms with E-state index < -0.39 is 12.0 Å². The van der Waals surface area contributed by atoms with Crippen molar-refractivity contribution in [2.75, 3.05) is 6.54 Å². The Kier molecular flexibility index (Phi) is 15.1. The summed E-state index contributed by atoms with van der Waals surface area (Å²) in [6, 6.07) is -0.602. The molecule has 1 unspecified atom stereocenters. The predicted molar refractivity (Wildman–Crippen MR) is 79.4 cm³/mol. The van der Waals surface area contributed by atoms with Crippen LogP contribution in [0.15, 0.2) is 0 Å². The molecule has 0 radical (unpaired) electrons. The summed E-state index contributed by atoms with van der Waals surface area (Å²) in [5.41, 5.74) is 10.7. The molecule has 6 nitrogen and oxygen atoms in total. The fraction of sp³-hybridized carbons (Fsp3) is 0.857. The number of nitrogens with two attached hydrogens (primary N) is 2. The first kappa shape index (κ1) is 21.2. The minimum Gasteiger partial charge on any atom is -0.483 e. The summed E-state index contributed by atoms with van der Waals surface area (Å²) >= 11 is 0. The molecule has 0 amide bonds. The van der Waals surface area contributed by atoms with Gasteiger partial charge in [-0.2, -0.15) is 0 Å². The fourth-order valence-electron chi connectivity index (χ4n) is 1.90. The predicted octanol–water partition coefficient (Wildman–Crippen LogP) is 1.67. The van der Waals surface area contributed by atoms with Crippen molar-refractivity contribution in [3.8, 4) is 0 Å². The van der Waals surface area contributed by atoms with E-state index in [0.717, 1.165) is 25.3 Å². The quantitative estimate of drug-likeness (QED) is 0.586. The highest BCUT2D eigenvalue weighted by Crippen LogP contribution is 2.31. The number of aliphatic carboxylic acids is 1. The molecule has 2 aliphatic carbocycles. The summed E-state index contributed by atoms with van der Waals surface area (Å²) in [5.74, 6) is 0.278. The Labute approximate surface area is 121 Å². The molecule has 0 heterocycles. The van der Waals surface area contributed by atoms with Gasteiger partial charge in [-0.3, -0.25) is 9.59 Å². The Morgan fingerprint density at radius 3 is 1.80 bits per heavy atom. The first-order valence-electron chi connectivity index (χ1n) is 7.33. The van der Waals surface area contributed by atoms with Gasteiger partial charge < -0.3 is 21.7 Å². The minimum absolute atomic E-state index is 0.250. The van der Waals surface area contributed by atoms with Crippen molar-refractivity contribution in [3.63, 3.8) is 0 Å². The van der Waals surface area contributed by atoms with Crippen molar-refractivity contribution in [3.05, 3.63) is 0 Å². The molecule has 6 heteroatoms. The van der Waals surface area contributed by atoms with Gasteiger partial charge in [0, 0.05) is 0 Å². The topological polar surface area (TPSA) is 127 Å². The monoisotopic (exact) mass is 290 g/mol. The highest BCUT2D eigenvalue weighted by Gasteiger charge is 2.32. The van der Waals surface area contributed by atoms with Crippen molar-refractivity contribution in [1.82, 2.24) is 0 Å². The summed E-state index contributed by atoms with van der Waals surface area (Å²) in [6.45, 7) is 4.67. The molecule has 0 aliphatic heterocycles. The maximum atomic E-state index is 10.1. The van der Waals surface area contributed by atoms with Gasteiger partial charge in [-0.1, -0.05) is 26.7 Å². The van der Waals surface area contributed by atoms with Crippen LogP contribution >= 0.6 is 0 Å². The van der Waals surface area contributed by atoms with Crippen molar-refractivity contribution in [2.45, 2.75) is 58.4 Å². The van der Waals surface area contributed by atoms with Gasteiger partial charge in [-0.15, -0.1) is 0 Å². The van der Waals surface area contributed by atoms with Crippen LogP contribution in [-0.2, 0) is 9.59 Å². The summed E-state index contributed by atoms with van der Waals surface area (Å²) in [5, 5.41) is 15.2. The lowest BCUT2D eigenvalue weighted by Crippen LogP contribution is -2.31. The van der Waals surface area contributed by atoms with Crippen LogP contribution < -0.4 is 11.5 Å². The van der Waals surface area contributed by atoms with Gasteiger partial charge in [-0.25, -0.2) is 0 Å². The number of carboxylic acids is 1. The van der Waals surface area contributed by atoms with Crippen molar-refractivity contribution < 1.29 is 19.8 Å². The lowest BCUT2D eigenvalue weighted by Gasteiger charge is -1.99. The molecule has 2 aliphatic rings. The second kappa shape index (κ2) is 14.3. The standard InChI is InChI=1S/C6H13N.C5H9NO2.C2H6.CH2O2/c7-5-6-3-1-2-4-6;6-4(5(7)8)3-1-2-3;1-2;2-1-3/h6H,1-5,7H2;3-4H,1-2,6H2,(H,7,8);1-2H3;1H,(H,2,3). The average Bonchev–Trinajstić information content (AvgIpc) is 3.17. The largest absolute Gasteiger partial charge is 0.483 e. The Balaban J connectivity index is 0. The van der Waals surface area contributed by atoms with Gasteiger partial charge in [0.2, 0.25) is 0 Å². The fourth-order valence-corrected chi connectivity index (χ4v) is 1.90. The third-order valence-electron chi connectivity index (χ3n) is 3.22. The van der Waals surface area contributed by atoms with Gasteiger partial charge in [-0.05, 0) is 44.1 Å². The molecule has 0 saturated heterocycles. The van der Waals surface area contributed by atoms with Crippen LogP contribution in [0.25, 0.3) is 0 Å². The van der Waals surface area contributed by atoms with Crippen molar-refractivity contribution >= 4 is 12.4 Å². The van der Waals surface area contributed by atoms with Gasteiger partial charge >= 0.3 is 5.97 Å². The third kappa shape index (κ3) is 11.9. The van der Waals surface area contributed by atoms with E-state index in [1.807, 2.05) is 13.8 Å². The zero-order valence-corrected chi connectivity index (χ0v) is 12.6. The third-order valence-corrected chi connectivity index (χ3v) is 3.22. The highest BCUT2D eigenvalue weighted by atomic mass is 16.4. The second-order valence-corrected chi connectivity index (χ2v) is 4.69. The molecular formula is C14H30N2O4. The Morgan fingerprint density at radius 2 is 1.65 bits per heavy atom. The molecule has 2 saturated carbocycles. The summed E-state index contributed by atoms with van der Waals surface area (Å²) < 4.78 is 0. The normalized spacial score (nSPS) is 18.2. The average molecular weight is 290 g/mol. The molecule has 0 aromatic rings. The molecule has 0 bridgehead atoms. The van der Waals surface area contributed by atoms with Crippen LogP contribution in [-0.4, -0.2) is 35.2 Å². The van der Waals surface area contributed by atoms with Gasteiger partial charge in [0.1, 0.15) is 6.04 Å². The van der Waals surface area contributed by atoms with E-state index in [4.69, 9.17) is 26.5 Å². The Hall–Kier alpha value is -1.14. The molecule has 6 N–H and O–H groups in total. The number of rotatable bonds is 3. The van der Waals surface area contributed by atoms with Crippen molar-refractivity contribution in [1.29, 1.82) is 0 Å². The number of carbonyl (C=O) groups is 2. The summed E-state index contributed by atoms with van der Waals surface area (Å²) in [4.78, 5) is 18.4. The maximum absolute atomic E-state index is 10.1. The van der Waals surface area contributed by atoms with E-state index in [1.54, 1.807) is 0 Å².